The highest BCUT2D eigenvalue weighted by Crippen LogP contribution is 2.45. The lowest BCUT2D eigenvalue weighted by atomic mass is 9.95. The molecule has 55 heavy (non-hydrogen) atoms. The second kappa shape index (κ2) is 19.5. The van der Waals surface area contributed by atoms with Crippen molar-refractivity contribution in [1.82, 2.24) is 25.8 Å². The summed E-state index contributed by atoms with van der Waals surface area (Å²) in [7, 11) is 5.15. The average molecular weight is 761 g/mol. The fourth-order valence-electron chi connectivity index (χ4n) is 9.32. The highest BCUT2D eigenvalue weighted by molar-refractivity contribution is 5.84. The van der Waals surface area contributed by atoms with Gasteiger partial charge in [0.1, 0.15) is 18.2 Å². The molecule has 2 saturated carbocycles. The largest absolute Gasteiger partial charge is 0.400 e. The maximum absolute atomic E-state index is 13.3. The molecule has 0 aromatic heterocycles. The molecule has 2 aromatic carbocycles. The number of hydrogen-bond acceptors (Lipinski definition) is 12. The van der Waals surface area contributed by atoms with Crippen molar-refractivity contribution in [3.63, 3.8) is 0 Å². The average Bonchev–Trinajstić information content (AvgIpc) is 4.09. The zero-order valence-corrected chi connectivity index (χ0v) is 32.6. The number of likely N-dealkylation sites (tertiary alicyclic amines) is 2. The number of nitrogens with two attached hydrogens (primary N) is 2. The number of ether oxygens (including phenoxy) is 2. The second-order valence-electron chi connectivity index (χ2n) is 14.7. The van der Waals surface area contributed by atoms with Gasteiger partial charge < -0.3 is 56.9 Å². The van der Waals surface area contributed by atoms with Crippen molar-refractivity contribution in [1.29, 1.82) is 0 Å². The zero-order chi connectivity index (χ0) is 39.6. The lowest BCUT2D eigenvalue weighted by Crippen LogP contribution is -2.60. The third kappa shape index (κ3) is 8.90. The van der Waals surface area contributed by atoms with Gasteiger partial charge in [-0.3, -0.25) is 14.6 Å². The van der Waals surface area contributed by atoms with Gasteiger partial charge in [0.15, 0.2) is 0 Å². The highest BCUT2D eigenvalue weighted by atomic mass is 16.5. The van der Waals surface area contributed by atoms with Crippen LogP contribution in [0, 0.1) is 11.8 Å². The Kier molecular flexibility index (Phi) is 14.8. The Hall–Kier alpha value is -4.31. The Morgan fingerprint density at radius 2 is 1.38 bits per heavy atom. The maximum Gasteiger partial charge on any atom is 0.242 e. The van der Waals surface area contributed by atoms with Crippen LogP contribution in [0.4, 0.5) is 0 Å². The van der Waals surface area contributed by atoms with Gasteiger partial charge in [0.05, 0.1) is 36.7 Å². The first kappa shape index (κ1) is 41.8. The van der Waals surface area contributed by atoms with Gasteiger partial charge in [-0.1, -0.05) is 48.5 Å². The first-order valence-electron chi connectivity index (χ1n) is 19.2. The lowest BCUT2D eigenvalue weighted by Gasteiger charge is -2.40. The van der Waals surface area contributed by atoms with Crippen molar-refractivity contribution in [2.75, 3.05) is 48.2 Å². The van der Waals surface area contributed by atoms with E-state index in [0.717, 1.165) is 86.4 Å². The van der Waals surface area contributed by atoms with Crippen LogP contribution in [0.5, 0.6) is 0 Å². The van der Waals surface area contributed by atoms with Crippen LogP contribution in [-0.2, 0) is 19.1 Å². The number of piperidine rings is 2. The van der Waals surface area contributed by atoms with E-state index < -0.39 is 12.1 Å². The number of aliphatic imine (C=N–C) groups is 1. The van der Waals surface area contributed by atoms with E-state index in [9.17, 15) is 9.59 Å². The normalized spacial score (nSPS) is 27.2. The number of rotatable bonds is 14. The molecule has 7 rings (SSSR count). The summed E-state index contributed by atoms with van der Waals surface area (Å²) in [6.45, 7) is 4.89. The number of hydrogen-bond donors (Lipinski definition) is 7. The molecule has 0 spiro atoms. The molecule has 9 unspecified atom stereocenters. The molecule has 2 aliphatic carbocycles. The van der Waals surface area contributed by atoms with Crippen LogP contribution >= 0.6 is 0 Å². The topological polar surface area (TPSA) is 200 Å². The number of carbonyl (C=O) groups is 2. The van der Waals surface area contributed by atoms with Gasteiger partial charge in [0.2, 0.25) is 11.8 Å². The molecule has 5 aliphatic rings. The van der Waals surface area contributed by atoms with Crippen LogP contribution in [0.3, 0.4) is 0 Å². The van der Waals surface area contributed by atoms with Crippen molar-refractivity contribution in [2.24, 2.45) is 28.3 Å². The molecule has 4 bridgehead atoms. The number of nitrogens with one attached hydrogen (secondary N) is 3. The van der Waals surface area contributed by atoms with Crippen LogP contribution in [0.25, 0.3) is 22.5 Å². The quantitative estimate of drug-likeness (QED) is 0.138. The summed E-state index contributed by atoms with van der Waals surface area (Å²) in [6.07, 6.45) is 10.3. The molecular formula is C41H60N8O6. The molecule has 3 heterocycles. The Bertz CT molecular complexity index is 1650. The summed E-state index contributed by atoms with van der Waals surface area (Å²) in [5.41, 5.74) is 18.3. The van der Waals surface area contributed by atoms with Crippen LogP contribution in [0.2, 0.25) is 0 Å². The monoisotopic (exact) mass is 760 g/mol. The number of aliphatic hydroxyl groups excluding tert-OH is 2. The van der Waals surface area contributed by atoms with E-state index in [1.54, 1.807) is 14.2 Å². The molecule has 2 aromatic rings. The van der Waals surface area contributed by atoms with Crippen molar-refractivity contribution in [2.45, 2.75) is 80.9 Å². The molecule has 9 N–H and O–H groups in total. The number of amides is 2. The van der Waals surface area contributed by atoms with Crippen molar-refractivity contribution in [3.05, 3.63) is 72.1 Å². The molecule has 2 saturated heterocycles. The third-order valence-electron chi connectivity index (χ3n) is 11.7. The Labute approximate surface area is 325 Å². The number of fused-ring (bicyclic) bond motifs is 4. The minimum Gasteiger partial charge on any atom is -0.400 e. The predicted molar refractivity (Wildman–Crippen MR) is 215 cm³/mol. The standard InChI is InChI=1S/C39H52N8O4.2CH4O/c1-42-33(18-43-20-35-27-12-14-29(16-27)46(35)38(48)31(40)21-50-2)25-8-4-23(5-9-25)24-6-10-26(11-7-24)34-19-44-37(45-34)36-28-13-15-30(17-28)47(36)39(49)32(41)22-51-3;2*1-2/h4-11,18-19,27-32,35-37,43-45H,1,12-17,20-22,40-41H2,2-3H3;2*2H,1H3/b33-18-;;. The minimum absolute atomic E-state index is 0.0241. The summed E-state index contributed by atoms with van der Waals surface area (Å²) in [6, 6.07) is 16.2. The van der Waals surface area contributed by atoms with E-state index in [-0.39, 0.29) is 55.4 Å². The second-order valence-corrected chi connectivity index (χ2v) is 14.7. The SMILES string of the molecule is C=N/C(=C\NCC1C2CCC(C2)N1C(=O)C(N)COC)c1ccc(-c2ccc(C3=CNC(C4C5CCC(C5)N4C(=O)C(N)COC)N3)cc2)cc1.CO.CO. The van der Waals surface area contributed by atoms with Crippen LogP contribution in [0.1, 0.15) is 49.7 Å². The fraction of sp³-hybridized carbons (Fsp3) is 0.537. The fourth-order valence-corrected chi connectivity index (χ4v) is 9.32. The highest BCUT2D eigenvalue weighted by Gasteiger charge is 2.52. The first-order valence-corrected chi connectivity index (χ1v) is 19.2. The molecule has 3 aliphatic heterocycles. The number of nitrogens with zero attached hydrogens (tertiary/aromatic N) is 3. The lowest BCUT2D eigenvalue weighted by molar-refractivity contribution is -0.139. The molecule has 0 radical (unpaired) electrons. The van der Waals surface area contributed by atoms with Crippen molar-refractivity contribution < 1.29 is 29.3 Å². The summed E-state index contributed by atoms with van der Waals surface area (Å²) >= 11 is 0. The van der Waals surface area contributed by atoms with Gasteiger partial charge in [-0.25, -0.2) is 0 Å². The van der Waals surface area contributed by atoms with Gasteiger partial charge in [-0.2, -0.15) is 0 Å². The van der Waals surface area contributed by atoms with E-state index in [4.69, 9.17) is 31.2 Å². The number of benzene rings is 2. The van der Waals surface area contributed by atoms with E-state index in [2.05, 4.69) is 76.2 Å². The number of carbonyl (C=O) groups excluding carboxylic acids is 2. The van der Waals surface area contributed by atoms with E-state index in [0.29, 0.717) is 18.4 Å². The molecular weight excluding hydrogens is 701 g/mol. The van der Waals surface area contributed by atoms with Gasteiger partial charge >= 0.3 is 0 Å². The third-order valence-corrected chi connectivity index (χ3v) is 11.7. The summed E-state index contributed by atoms with van der Waals surface area (Å²) in [5, 5.41) is 24.6. The zero-order valence-electron chi connectivity index (χ0n) is 32.6. The smallest absolute Gasteiger partial charge is 0.242 e. The maximum atomic E-state index is 13.3. The Morgan fingerprint density at radius 3 is 1.98 bits per heavy atom. The molecule has 300 valence electrons. The number of aliphatic hydroxyl groups is 2. The van der Waals surface area contributed by atoms with Gasteiger partial charge in [-0.15, -0.1) is 0 Å². The van der Waals surface area contributed by atoms with Gasteiger partial charge in [0, 0.05) is 65.0 Å². The molecule has 4 fully saturated rings. The van der Waals surface area contributed by atoms with Crippen molar-refractivity contribution in [3.8, 4) is 11.1 Å². The van der Waals surface area contributed by atoms with E-state index in [1.165, 1.54) is 0 Å². The summed E-state index contributed by atoms with van der Waals surface area (Å²) < 4.78 is 10.3. The predicted octanol–water partition coefficient (Wildman–Crippen LogP) is 1.68. The first-order chi connectivity index (χ1) is 26.8. The molecule has 9 atom stereocenters. The molecule has 2 amide bonds. The summed E-state index contributed by atoms with van der Waals surface area (Å²) in [5.74, 6) is 0.882. The Morgan fingerprint density at radius 1 is 0.855 bits per heavy atom. The summed E-state index contributed by atoms with van der Waals surface area (Å²) in [4.78, 5) is 34.7. The van der Waals surface area contributed by atoms with Crippen LogP contribution in [0.15, 0.2) is 65.9 Å². The Balaban J connectivity index is 0.00000140. The molecule has 14 heteroatoms. The van der Waals surface area contributed by atoms with Gasteiger partial charge in [-0.05, 0) is 73.8 Å². The molecule has 14 nitrogen and oxygen atoms in total. The number of methoxy groups -OCH3 is 2. The minimum atomic E-state index is -0.646. The van der Waals surface area contributed by atoms with Crippen LogP contribution in [-0.4, -0.2) is 129 Å². The van der Waals surface area contributed by atoms with E-state index in [1.807, 2.05) is 22.2 Å². The van der Waals surface area contributed by atoms with Crippen LogP contribution < -0.4 is 27.4 Å². The van der Waals surface area contributed by atoms with Gasteiger partial charge in [0.25, 0.3) is 0 Å². The van der Waals surface area contributed by atoms with Crippen molar-refractivity contribution >= 4 is 29.9 Å². The van der Waals surface area contributed by atoms with E-state index >= 15 is 0 Å².